The Kier molecular flexibility index (Phi) is 6.35. The van der Waals surface area contributed by atoms with Gasteiger partial charge in [0.25, 0.3) is 0 Å². The summed E-state index contributed by atoms with van der Waals surface area (Å²) in [4.78, 5) is 17.1. The summed E-state index contributed by atoms with van der Waals surface area (Å²) < 4.78 is 1.96. The van der Waals surface area contributed by atoms with Crippen LogP contribution < -0.4 is 5.32 Å². The molecule has 1 N–H and O–H groups in total. The van der Waals surface area contributed by atoms with Crippen LogP contribution >= 0.6 is 11.8 Å². The van der Waals surface area contributed by atoms with Gasteiger partial charge in [0.15, 0.2) is 11.0 Å². The minimum Gasteiger partial charge on any atom is -0.349 e. The lowest BCUT2D eigenvalue weighted by atomic mass is 10.00. The van der Waals surface area contributed by atoms with Crippen LogP contribution in [0.4, 0.5) is 0 Å². The molecule has 3 aromatic carbocycles. The molecule has 0 aliphatic heterocycles. The van der Waals surface area contributed by atoms with Gasteiger partial charge in [0.05, 0.1) is 11.8 Å². The predicted octanol–water partition coefficient (Wildman–Crippen LogP) is 5.45. The third-order valence-electron chi connectivity index (χ3n) is 5.57. The highest BCUT2D eigenvalue weighted by Gasteiger charge is 2.18. The molecule has 0 saturated carbocycles. The molecule has 1 atom stereocenters. The number of benzene rings is 3. The van der Waals surface area contributed by atoms with E-state index in [0.29, 0.717) is 11.0 Å². The van der Waals surface area contributed by atoms with E-state index < -0.39 is 0 Å². The van der Waals surface area contributed by atoms with E-state index in [2.05, 4.69) is 44.8 Å². The monoisotopic (exact) mass is 465 g/mol. The van der Waals surface area contributed by atoms with E-state index in [4.69, 9.17) is 0 Å². The van der Waals surface area contributed by atoms with Crippen molar-refractivity contribution in [2.45, 2.75) is 18.1 Å². The summed E-state index contributed by atoms with van der Waals surface area (Å²) in [6, 6.07) is 28.0. The number of thioether (sulfide) groups is 1. The van der Waals surface area contributed by atoms with Gasteiger partial charge in [-0.25, -0.2) is 0 Å². The van der Waals surface area contributed by atoms with Crippen molar-refractivity contribution in [3.05, 3.63) is 103 Å². The van der Waals surface area contributed by atoms with Crippen LogP contribution in [-0.2, 0) is 4.79 Å². The van der Waals surface area contributed by atoms with Gasteiger partial charge in [-0.15, -0.1) is 10.2 Å². The van der Waals surface area contributed by atoms with E-state index >= 15 is 0 Å². The SMILES string of the molecule is CC(NC(=O)CSc1nnc(-c2cccnc2)n1-c1ccccc1)c1cccc2ccccc12. The molecule has 5 rings (SSSR count). The maximum Gasteiger partial charge on any atom is 0.230 e. The maximum atomic E-state index is 12.9. The average molecular weight is 466 g/mol. The van der Waals surface area contributed by atoms with E-state index in [0.717, 1.165) is 27.6 Å². The summed E-state index contributed by atoms with van der Waals surface area (Å²) >= 11 is 1.36. The Labute approximate surface area is 202 Å². The highest BCUT2D eigenvalue weighted by atomic mass is 32.2. The molecule has 0 fully saturated rings. The van der Waals surface area contributed by atoms with Gasteiger partial charge in [-0.3, -0.25) is 14.3 Å². The summed E-state index contributed by atoms with van der Waals surface area (Å²) in [5.41, 5.74) is 2.89. The van der Waals surface area contributed by atoms with Crippen molar-refractivity contribution >= 4 is 28.4 Å². The van der Waals surface area contributed by atoms with Gasteiger partial charge in [-0.05, 0) is 47.5 Å². The molecule has 0 bridgehead atoms. The quantitative estimate of drug-likeness (QED) is 0.324. The third-order valence-corrected chi connectivity index (χ3v) is 6.50. The Morgan fingerprint density at radius 3 is 2.56 bits per heavy atom. The number of hydrogen-bond acceptors (Lipinski definition) is 5. The second-order valence-corrected chi connectivity index (χ2v) is 8.81. The number of para-hydroxylation sites is 1. The molecule has 7 heteroatoms. The minimum atomic E-state index is -0.114. The fourth-order valence-corrected chi connectivity index (χ4v) is 4.74. The summed E-state index contributed by atoms with van der Waals surface area (Å²) in [5.74, 6) is 0.856. The number of nitrogens with zero attached hydrogens (tertiary/aromatic N) is 4. The number of carbonyl (C=O) groups is 1. The largest absolute Gasteiger partial charge is 0.349 e. The number of carbonyl (C=O) groups excluding carboxylic acids is 1. The zero-order valence-electron chi connectivity index (χ0n) is 18.6. The van der Waals surface area contributed by atoms with Crippen molar-refractivity contribution in [3.63, 3.8) is 0 Å². The second kappa shape index (κ2) is 9.89. The number of nitrogens with one attached hydrogen (secondary N) is 1. The van der Waals surface area contributed by atoms with Gasteiger partial charge in [-0.1, -0.05) is 72.4 Å². The van der Waals surface area contributed by atoms with Crippen LogP contribution in [0.25, 0.3) is 27.8 Å². The van der Waals surface area contributed by atoms with Gasteiger partial charge >= 0.3 is 0 Å². The molecular weight excluding hydrogens is 442 g/mol. The number of aromatic nitrogens is 4. The molecule has 1 unspecified atom stereocenters. The van der Waals surface area contributed by atoms with E-state index in [1.807, 2.05) is 72.2 Å². The summed E-state index contributed by atoms with van der Waals surface area (Å²) in [5, 5.41) is 14.9. The van der Waals surface area contributed by atoms with Crippen molar-refractivity contribution in [1.29, 1.82) is 0 Å². The lowest BCUT2D eigenvalue weighted by molar-refractivity contribution is -0.119. The predicted molar refractivity (Wildman–Crippen MR) is 136 cm³/mol. The molecule has 0 aliphatic carbocycles. The van der Waals surface area contributed by atoms with E-state index in [-0.39, 0.29) is 17.7 Å². The highest BCUT2D eigenvalue weighted by Crippen LogP contribution is 2.28. The Hall–Kier alpha value is -3.97. The molecule has 2 heterocycles. The molecule has 0 aliphatic rings. The topological polar surface area (TPSA) is 72.7 Å². The van der Waals surface area contributed by atoms with Gasteiger partial charge in [0, 0.05) is 23.6 Å². The van der Waals surface area contributed by atoms with Gasteiger partial charge in [0.2, 0.25) is 5.91 Å². The zero-order chi connectivity index (χ0) is 23.3. The normalized spacial score (nSPS) is 11.9. The van der Waals surface area contributed by atoms with Crippen molar-refractivity contribution in [1.82, 2.24) is 25.1 Å². The first kappa shape index (κ1) is 21.9. The van der Waals surface area contributed by atoms with Crippen molar-refractivity contribution < 1.29 is 4.79 Å². The van der Waals surface area contributed by atoms with Crippen LogP contribution in [0.15, 0.2) is 102 Å². The fourth-order valence-electron chi connectivity index (χ4n) is 3.97. The second-order valence-electron chi connectivity index (χ2n) is 7.87. The first-order valence-electron chi connectivity index (χ1n) is 11.0. The summed E-state index contributed by atoms with van der Waals surface area (Å²) in [7, 11) is 0. The Bertz CT molecular complexity index is 1410. The van der Waals surface area contributed by atoms with Gasteiger partial charge < -0.3 is 5.32 Å². The molecule has 168 valence electrons. The van der Waals surface area contributed by atoms with Crippen molar-refractivity contribution in [2.75, 3.05) is 5.75 Å². The van der Waals surface area contributed by atoms with E-state index in [1.54, 1.807) is 12.4 Å². The van der Waals surface area contributed by atoms with Crippen LogP contribution in [0, 0.1) is 0 Å². The summed E-state index contributed by atoms with van der Waals surface area (Å²) in [6.07, 6.45) is 3.49. The number of amides is 1. The maximum absolute atomic E-state index is 12.9. The van der Waals surface area contributed by atoms with Crippen molar-refractivity contribution in [3.8, 4) is 17.1 Å². The minimum absolute atomic E-state index is 0.0593. The van der Waals surface area contributed by atoms with Gasteiger partial charge in [-0.2, -0.15) is 0 Å². The molecule has 0 spiro atoms. The highest BCUT2D eigenvalue weighted by molar-refractivity contribution is 7.99. The van der Waals surface area contributed by atoms with Crippen LogP contribution in [0.3, 0.4) is 0 Å². The number of hydrogen-bond donors (Lipinski definition) is 1. The summed E-state index contributed by atoms with van der Waals surface area (Å²) in [6.45, 7) is 2.01. The number of fused-ring (bicyclic) bond motifs is 1. The van der Waals surface area contributed by atoms with Crippen LogP contribution in [0.2, 0.25) is 0 Å². The number of pyridine rings is 1. The standard InChI is InChI=1S/C27H23N5OS/c1-19(23-15-7-10-20-9-5-6-14-24(20)23)29-25(33)18-34-27-31-30-26(21-11-8-16-28-17-21)32(27)22-12-3-2-4-13-22/h2-17,19H,18H2,1H3,(H,29,33). The molecule has 5 aromatic rings. The van der Waals surface area contributed by atoms with Crippen molar-refractivity contribution in [2.24, 2.45) is 0 Å². The smallest absolute Gasteiger partial charge is 0.230 e. The Morgan fingerprint density at radius 1 is 0.941 bits per heavy atom. The molecule has 6 nitrogen and oxygen atoms in total. The Balaban J connectivity index is 1.35. The van der Waals surface area contributed by atoms with Crippen LogP contribution in [0.5, 0.6) is 0 Å². The van der Waals surface area contributed by atoms with Crippen LogP contribution in [0.1, 0.15) is 18.5 Å². The number of rotatable bonds is 7. The molecule has 34 heavy (non-hydrogen) atoms. The Morgan fingerprint density at radius 2 is 1.74 bits per heavy atom. The first-order chi connectivity index (χ1) is 16.7. The average Bonchev–Trinajstić information content (AvgIpc) is 3.32. The first-order valence-corrected chi connectivity index (χ1v) is 12.0. The van der Waals surface area contributed by atoms with E-state index in [1.165, 1.54) is 11.8 Å². The van der Waals surface area contributed by atoms with Crippen LogP contribution in [-0.4, -0.2) is 31.4 Å². The van der Waals surface area contributed by atoms with E-state index in [9.17, 15) is 4.79 Å². The molecule has 0 saturated heterocycles. The molecular formula is C27H23N5OS. The van der Waals surface area contributed by atoms with Gasteiger partial charge in [0.1, 0.15) is 0 Å². The fraction of sp³-hybridized carbons (Fsp3) is 0.111. The zero-order valence-corrected chi connectivity index (χ0v) is 19.4. The molecule has 0 radical (unpaired) electrons. The third kappa shape index (κ3) is 4.56. The lowest BCUT2D eigenvalue weighted by Gasteiger charge is -2.16. The molecule has 2 aromatic heterocycles. The lowest BCUT2D eigenvalue weighted by Crippen LogP contribution is -2.28. The molecule has 1 amide bonds.